The quantitative estimate of drug-likeness (QED) is 0.124. The van der Waals surface area contributed by atoms with Crippen LogP contribution in [0.5, 0.6) is 0 Å². The molecule has 1 radical (unpaired) electrons. The van der Waals surface area contributed by atoms with Gasteiger partial charge in [-0.15, -0.1) is 48.0 Å². The number of para-hydroxylation sites is 1. The largest absolute Gasteiger partial charge is 0.500 e. The van der Waals surface area contributed by atoms with Gasteiger partial charge in [0, 0.05) is 43.7 Å². The Hall–Kier alpha value is -3.44. The molecule has 7 rings (SSSR count). The molecular weight excluding hydrogens is 788 g/mol. The summed E-state index contributed by atoms with van der Waals surface area (Å²) in [7, 11) is -1.37. The van der Waals surface area contributed by atoms with E-state index in [0.29, 0.717) is 27.8 Å². The third-order valence-electron chi connectivity index (χ3n) is 8.99. The summed E-state index contributed by atoms with van der Waals surface area (Å²) in [4.78, 5) is 9.12. The van der Waals surface area contributed by atoms with E-state index in [1.165, 1.54) is 42.0 Å². The first-order valence-corrected chi connectivity index (χ1v) is 20.4. The van der Waals surface area contributed by atoms with Gasteiger partial charge < -0.3 is 14.4 Å². The van der Waals surface area contributed by atoms with Crippen LogP contribution < -0.4 is 5.19 Å². The van der Waals surface area contributed by atoms with Crippen molar-refractivity contribution in [1.29, 1.82) is 0 Å². The summed E-state index contributed by atoms with van der Waals surface area (Å²) in [5.74, 6) is 0.442. The van der Waals surface area contributed by atoms with Gasteiger partial charge >= 0.3 is 0 Å². The summed E-state index contributed by atoms with van der Waals surface area (Å²) in [6.07, 6.45) is 11.3. The second-order valence-electron chi connectivity index (χ2n) is 15.2. The van der Waals surface area contributed by atoms with Crippen molar-refractivity contribution in [1.82, 2.24) is 9.97 Å². The van der Waals surface area contributed by atoms with Gasteiger partial charge in [0.25, 0.3) is 0 Å². The van der Waals surface area contributed by atoms with Crippen LogP contribution in [-0.2, 0) is 32.9 Å². The fourth-order valence-electron chi connectivity index (χ4n) is 6.78. The Balaban J connectivity index is 0.000000189. The minimum atomic E-state index is -1.37. The molecule has 6 aromatic rings. The number of hydrogen-bond acceptors (Lipinski definition) is 3. The van der Waals surface area contributed by atoms with Crippen LogP contribution in [0, 0.1) is 29.3 Å². The molecule has 1 aliphatic rings. The molecular formula is C42H45FIrN2OSi-2. The third-order valence-corrected chi connectivity index (χ3v) is 11.1. The smallest absolute Gasteiger partial charge is 0.121 e. The van der Waals surface area contributed by atoms with Crippen LogP contribution in [0.2, 0.25) is 19.6 Å². The number of hydrogen-bond donors (Lipinski definition) is 0. The van der Waals surface area contributed by atoms with Crippen LogP contribution in [0.1, 0.15) is 57.6 Å². The maximum absolute atomic E-state index is 15.3. The maximum atomic E-state index is 15.3. The number of aromatic nitrogens is 2. The van der Waals surface area contributed by atoms with Gasteiger partial charge in [0.15, 0.2) is 0 Å². The zero-order valence-corrected chi connectivity index (χ0v) is 32.3. The number of rotatable bonds is 6. The zero-order chi connectivity index (χ0) is 33.2. The second-order valence-corrected chi connectivity index (χ2v) is 20.2. The molecule has 0 N–H and O–H groups in total. The number of benzene rings is 3. The van der Waals surface area contributed by atoms with E-state index >= 15 is 4.39 Å². The van der Waals surface area contributed by atoms with Crippen LogP contribution in [0.25, 0.3) is 44.5 Å². The van der Waals surface area contributed by atoms with E-state index in [9.17, 15) is 0 Å². The minimum absolute atomic E-state index is 0. The predicted molar refractivity (Wildman–Crippen MR) is 196 cm³/mol. The summed E-state index contributed by atoms with van der Waals surface area (Å²) < 4.78 is 21.1. The first kappa shape index (κ1) is 35.9. The van der Waals surface area contributed by atoms with E-state index in [2.05, 4.69) is 75.9 Å². The first-order valence-electron chi connectivity index (χ1n) is 16.9. The second kappa shape index (κ2) is 15.0. The SMILES string of the molecule is CC(C)(C)Cc1cc(-c2[c-]cccc2)ncc1[Si](C)(C)C.Fc1c(-c2cc(CC3CCCC3)ccn2)[c-]cc2oc3ccccc3c12.[Ir]. The molecule has 0 aliphatic heterocycles. The van der Waals surface area contributed by atoms with E-state index in [0.717, 1.165) is 35.4 Å². The Morgan fingerprint density at radius 2 is 1.65 bits per heavy atom. The number of pyridine rings is 2. The third kappa shape index (κ3) is 8.40. The van der Waals surface area contributed by atoms with Gasteiger partial charge in [-0.3, -0.25) is 4.39 Å². The Kier molecular flexibility index (Phi) is 11.2. The molecule has 0 unspecified atom stereocenters. The van der Waals surface area contributed by atoms with Crippen molar-refractivity contribution in [2.24, 2.45) is 11.3 Å². The molecule has 0 bridgehead atoms. The van der Waals surface area contributed by atoms with E-state index in [1.54, 1.807) is 12.3 Å². The molecule has 0 spiro atoms. The fraction of sp³-hybridized carbons (Fsp3) is 0.333. The topological polar surface area (TPSA) is 38.9 Å². The number of fused-ring (bicyclic) bond motifs is 3. The average molecular weight is 833 g/mol. The molecule has 251 valence electrons. The number of nitrogens with zero attached hydrogens (tertiary/aromatic N) is 2. The first-order chi connectivity index (χ1) is 22.5. The van der Waals surface area contributed by atoms with Gasteiger partial charge in [-0.2, -0.15) is 0 Å². The van der Waals surface area contributed by atoms with Crippen molar-refractivity contribution in [3.8, 4) is 22.5 Å². The predicted octanol–water partition coefficient (Wildman–Crippen LogP) is 11.0. The van der Waals surface area contributed by atoms with E-state index < -0.39 is 8.07 Å². The van der Waals surface area contributed by atoms with Crippen molar-refractivity contribution in [3.05, 3.63) is 114 Å². The summed E-state index contributed by atoms with van der Waals surface area (Å²) >= 11 is 0. The Morgan fingerprint density at radius 1 is 0.896 bits per heavy atom. The molecule has 1 aliphatic carbocycles. The van der Waals surface area contributed by atoms with Crippen molar-refractivity contribution in [3.63, 3.8) is 0 Å². The summed E-state index contributed by atoms with van der Waals surface area (Å²) in [6, 6.07) is 30.0. The normalized spacial score (nSPS) is 13.7. The Bertz CT molecular complexity index is 1990. The molecule has 48 heavy (non-hydrogen) atoms. The molecule has 6 heteroatoms. The molecule has 3 heterocycles. The molecule has 0 saturated heterocycles. The zero-order valence-electron chi connectivity index (χ0n) is 28.9. The number of furan rings is 1. The summed E-state index contributed by atoms with van der Waals surface area (Å²) in [5.41, 5.74) is 7.36. The molecule has 0 atom stereocenters. The van der Waals surface area contributed by atoms with E-state index in [4.69, 9.17) is 9.40 Å². The molecule has 3 aromatic carbocycles. The van der Waals surface area contributed by atoms with Crippen molar-refractivity contribution in [2.45, 2.75) is 78.9 Å². The van der Waals surface area contributed by atoms with E-state index in [-0.39, 0.29) is 31.3 Å². The Morgan fingerprint density at radius 3 is 2.35 bits per heavy atom. The Labute approximate surface area is 299 Å². The minimum Gasteiger partial charge on any atom is -0.500 e. The van der Waals surface area contributed by atoms with Crippen molar-refractivity contribution >= 4 is 35.2 Å². The fourth-order valence-corrected chi connectivity index (χ4v) is 8.36. The standard InChI is InChI=1S/C23H19FNO.C19H26NSi.Ir/c24-23-17(9-10-21-22(23)18-7-3-4-8-20(18)26-21)19-14-16(11-12-25-19)13-15-5-1-2-6-15;1-19(2,3)13-16-12-17(15-10-8-7-9-11-15)20-14-18(16)21(4,5)6;/h3-4,7-8,10-12,14-15H,1-2,5-6,13H2;7-10,12,14H,13H2,1-6H3;/q2*-1;. The van der Waals surface area contributed by atoms with Gasteiger partial charge in [-0.05, 0) is 58.3 Å². The van der Waals surface area contributed by atoms with Gasteiger partial charge in [0.1, 0.15) is 5.58 Å². The molecule has 1 saturated carbocycles. The van der Waals surface area contributed by atoms with Crippen LogP contribution in [0.3, 0.4) is 0 Å². The van der Waals surface area contributed by atoms with Gasteiger partial charge in [0.05, 0.1) is 13.7 Å². The molecule has 1 fully saturated rings. The van der Waals surface area contributed by atoms with Crippen molar-refractivity contribution in [2.75, 3.05) is 0 Å². The van der Waals surface area contributed by atoms with E-state index in [1.807, 2.05) is 54.6 Å². The van der Waals surface area contributed by atoms with Crippen LogP contribution in [-0.4, -0.2) is 18.0 Å². The summed E-state index contributed by atoms with van der Waals surface area (Å²) in [6.45, 7) is 14.1. The van der Waals surface area contributed by atoms with Gasteiger partial charge in [0.2, 0.25) is 0 Å². The van der Waals surface area contributed by atoms with Crippen LogP contribution in [0.4, 0.5) is 4.39 Å². The monoisotopic (exact) mass is 833 g/mol. The van der Waals surface area contributed by atoms with Crippen LogP contribution >= 0.6 is 0 Å². The van der Waals surface area contributed by atoms with Gasteiger partial charge in [-0.25, -0.2) is 0 Å². The molecule has 0 amide bonds. The average Bonchev–Trinajstić information content (AvgIpc) is 3.69. The molecule has 3 nitrogen and oxygen atoms in total. The summed E-state index contributed by atoms with van der Waals surface area (Å²) in [5, 5.41) is 2.78. The number of halogens is 1. The molecule has 3 aromatic heterocycles. The van der Waals surface area contributed by atoms with Gasteiger partial charge in [-0.1, -0.05) is 113 Å². The van der Waals surface area contributed by atoms with Crippen molar-refractivity contribution < 1.29 is 28.9 Å². The maximum Gasteiger partial charge on any atom is 0.121 e. The van der Waals surface area contributed by atoms with Crippen LogP contribution in [0.15, 0.2) is 89.6 Å².